The van der Waals surface area contributed by atoms with Gasteiger partial charge < -0.3 is 14.5 Å². The highest BCUT2D eigenvalue weighted by Crippen LogP contribution is 2.28. The summed E-state index contributed by atoms with van der Waals surface area (Å²) in [5, 5.41) is 4.14. The van der Waals surface area contributed by atoms with Crippen molar-refractivity contribution in [3.63, 3.8) is 0 Å². The van der Waals surface area contributed by atoms with Crippen molar-refractivity contribution in [2.24, 2.45) is 0 Å². The third-order valence-corrected chi connectivity index (χ3v) is 6.40. The molecule has 32 heavy (non-hydrogen) atoms. The fourth-order valence-corrected chi connectivity index (χ4v) is 4.37. The number of aryl methyl sites for hydroxylation is 2. The lowest BCUT2D eigenvalue weighted by Gasteiger charge is -2.35. The number of morpholine rings is 1. The number of hydrogen-bond donors (Lipinski definition) is 1. The van der Waals surface area contributed by atoms with Crippen LogP contribution in [0, 0.1) is 13.8 Å². The molecule has 0 aliphatic carbocycles. The van der Waals surface area contributed by atoms with Gasteiger partial charge in [-0.25, -0.2) is 0 Å². The van der Waals surface area contributed by atoms with E-state index in [1.54, 1.807) is 0 Å². The second kappa shape index (κ2) is 9.08. The number of nitrogens with one attached hydrogen (secondary N) is 1. The van der Waals surface area contributed by atoms with E-state index in [-0.39, 0.29) is 17.4 Å². The largest absolute Gasteiger partial charge is 0.451 e. The maximum absolute atomic E-state index is 13.1. The quantitative estimate of drug-likeness (QED) is 0.603. The zero-order valence-corrected chi connectivity index (χ0v) is 19.8. The summed E-state index contributed by atoms with van der Waals surface area (Å²) in [6.07, 6.45) is 0. The number of benzene rings is 2. The average Bonchev–Trinajstić information content (AvgIpc) is 3.10. The molecule has 1 N–H and O–H groups in total. The zero-order chi connectivity index (χ0) is 22.9. The molecule has 1 amide bonds. The van der Waals surface area contributed by atoms with Crippen LogP contribution in [0.2, 0.25) is 0 Å². The summed E-state index contributed by atoms with van der Waals surface area (Å²) >= 11 is 0. The Labute approximate surface area is 190 Å². The van der Waals surface area contributed by atoms with Gasteiger partial charge in [-0.15, -0.1) is 0 Å². The molecule has 1 aromatic heterocycles. The van der Waals surface area contributed by atoms with Crippen LogP contribution < -0.4 is 5.32 Å². The molecular formula is C27H34N2O3. The van der Waals surface area contributed by atoms with Crippen molar-refractivity contribution in [3.8, 4) is 0 Å². The maximum atomic E-state index is 13.1. The van der Waals surface area contributed by atoms with Crippen LogP contribution in [0.15, 0.2) is 46.9 Å². The first-order valence-corrected chi connectivity index (χ1v) is 11.4. The minimum atomic E-state index is -0.166. The maximum Gasteiger partial charge on any atom is 0.287 e. The number of ether oxygens (including phenoxy) is 1. The fraction of sp³-hybridized carbons (Fsp3) is 0.444. The standard InChI is InChI=1S/C27H34N2O3/c1-18-6-11-24-22(16-18)19(2)25(32-24)26(30)28-17-23(29-12-14-31-15-13-29)20-7-9-21(10-8-20)27(3,4)5/h6-11,16,23H,12-15,17H2,1-5H3,(H,28,30)/t23-/m0/s1. The van der Waals surface area contributed by atoms with E-state index in [1.165, 1.54) is 11.1 Å². The number of furan rings is 1. The van der Waals surface area contributed by atoms with E-state index in [9.17, 15) is 4.79 Å². The molecule has 1 aliphatic rings. The van der Waals surface area contributed by atoms with Crippen molar-refractivity contribution in [1.82, 2.24) is 10.2 Å². The van der Waals surface area contributed by atoms with Crippen LogP contribution in [0.1, 0.15) is 59.6 Å². The Kier molecular flexibility index (Phi) is 6.40. The number of nitrogens with zero attached hydrogens (tertiary/aromatic N) is 1. The number of rotatable bonds is 5. The van der Waals surface area contributed by atoms with E-state index in [4.69, 9.17) is 9.15 Å². The van der Waals surface area contributed by atoms with Crippen LogP contribution >= 0.6 is 0 Å². The molecule has 5 nitrogen and oxygen atoms in total. The monoisotopic (exact) mass is 434 g/mol. The summed E-state index contributed by atoms with van der Waals surface area (Å²) in [5.74, 6) is 0.232. The van der Waals surface area contributed by atoms with Gasteiger partial charge in [-0.2, -0.15) is 0 Å². The molecule has 170 valence electrons. The van der Waals surface area contributed by atoms with Crippen LogP contribution in [0.25, 0.3) is 11.0 Å². The highest BCUT2D eigenvalue weighted by molar-refractivity contribution is 5.99. The summed E-state index contributed by atoms with van der Waals surface area (Å²) in [6, 6.07) is 14.9. The van der Waals surface area contributed by atoms with Crippen molar-refractivity contribution in [3.05, 3.63) is 70.5 Å². The molecule has 0 radical (unpaired) electrons. The number of carbonyl (C=O) groups is 1. The Morgan fingerprint density at radius 3 is 2.41 bits per heavy atom. The summed E-state index contributed by atoms with van der Waals surface area (Å²) in [7, 11) is 0. The zero-order valence-electron chi connectivity index (χ0n) is 19.8. The van der Waals surface area contributed by atoms with Gasteiger partial charge in [0.25, 0.3) is 5.91 Å². The number of carbonyl (C=O) groups excluding carboxylic acids is 1. The topological polar surface area (TPSA) is 54.7 Å². The Morgan fingerprint density at radius 1 is 1.06 bits per heavy atom. The first kappa shape index (κ1) is 22.6. The Hall–Kier alpha value is -2.63. The van der Waals surface area contributed by atoms with Crippen LogP contribution in [0.5, 0.6) is 0 Å². The predicted molar refractivity (Wildman–Crippen MR) is 128 cm³/mol. The van der Waals surface area contributed by atoms with Gasteiger partial charge in [0.15, 0.2) is 5.76 Å². The molecule has 1 fully saturated rings. The van der Waals surface area contributed by atoms with Gasteiger partial charge >= 0.3 is 0 Å². The van der Waals surface area contributed by atoms with Gasteiger partial charge in [0.2, 0.25) is 0 Å². The van der Waals surface area contributed by atoms with Gasteiger partial charge in [-0.3, -0.25) is 9.69 Å². The minimum Gasteiger partial charge on any atom is -0.451 e. The average molecular weight is 435 g/mol. The molecule has 1 aliphatic heterocycles. The molecule has 1 atom stereocenters. The first-order chi connectivity index (χ1) is 15.2. The second-order valence-electron chi connectivity index (χ2n) is 9.80. The predicted octanol–water partition coefficient (Wildman–Crippen LogP) is 5.15. The van der Waals surface area contributed by atoms with Gasteiger partial charge in [0.1, 0.15) is 5.58 Å². The summed E-state index contributed by atoms with van der Waals surface area (Å²) < 4.78 is 11.5. The summed E-state index contributed by atoms with van der Waals surface area (Å²) in [6.45, 7) is 14.3. The van der Waals surface area contributed by atoms with Crippen molar-refractivity contribution >= 4 is 16.9 Å². The third kappa shape index (κ3) is 4.74. The van der Waals surface area contributed by atoms with Crippen molar-refractivity contribution in [2.45, 2.75) is 46.1 Å². The van der Waals surface area contributed by atoms with Crippen LogP contribution in [0.4, 0.5) is 0 Å². The van der Waals surface area contributed by atoms with E-state index < -0.39 is 0 Å². The molecule has 3 aromatic rings. The van der Waals surface area contributed by atoms with Crippen molar-refractivity contribution < 1.29 is 13.9 Å². The molecule has 0 bridgehead atoms. The fourth-order valence-electron chi connectivity index (χ4n) is 4.37. The second-order valence-corrected chi connectivity index (χ2v) is 9.80. The van der Waals surface area contributed by atoms with Crippen LogP contribution in [0.3, 0.4) is 0 Å². The molecule has 5 heteroatoms. The molecule has 4 rings (SSSR count). The lowest BCUT2D eigenvalue weighted by Crippen LogP contribution is -2.43. The molecular weight excluding hydrogens is 400 g/mol. The highest BCUT2D eigenvalue weighted by atomic mass is 16.5. The number of hydrogen-bond acceptors (Lipinski definition) is 4. The Morgan fingerprint density at radius 2 is 1.75 bits per heavy atom. The van der Waals surface area contributed by atoms with Crippen molar-refractivity contribution in [2.75, 3.05) is 32.8 Å². The molecule has 2 aromatic carbocycles. The molecule has 2 heterocycles. The van der Waals surface area contributed by atoms with Crippen LogP contribution in [-0.4, -0.2) is 43.7 Å². The molecule has 0 saturated carbocycles. The third-order valence-electron chi connectivity index (χ3n) is 6.40. The smallest absolute Gasteiger partial charge is 0.287 e. The van der Waals surface area contributed by atoms with E-state index in [1.807, 2.05) is 26.0 Å². The Bertz CT molecular complexity index is 1090. The number of amides is 1. The van der Waals surface area contributed by atoms with E-state index in [0.29, 0.717) is 25.5 Å². The van der Waals surface area contributed by atoms with E-state index in [0.717, 1.165) is 35.2 Å². The lowest BCUT2D eigenvalue weighted by molar-refractivity contribution is 0.0161. The summed E-state index contributed by atoms with van der Waals surface area (Å²) in [4.78, 5) is 15.5. The highest BCUT2D eigenvalue weighted by Gasteiger charge is 2.25. The SMILES string of the molecule is Cc1ccc2oc(C(=O)NC[C@@H](c3ccc(C(C)(C)C)cc3)N3CCOCC3)c(C)c2c1. The molecule has 0 unspecified atom stereocenters. The van der Waals surface area contributed by atoms with Crippen LogP contribution in [-0.2, 0) is 10.2 Å². The van der Waals surface area contributed by atoms with Gasteiger partial charge in [-0.1, -0.05) is 56.7 Å². The van der Waals surface area contributed by atoms with E-state index in [2.05, 4.69) is 61.3 Å². The molecule has 1 saturated heterocycles. The van der Waals surface area contributed by atoms with Crippen molar-refractivity contribution in [1.29, 1.82) is 0 Å². The normalized spacial score (nSPS) is 16.3. The van der Waals surface area contributed by atoms with E-state index >= 15 is 0 Å². The van der Waals surface area contributed by atoms with Gasteiger partial charge in [0.05, 0.1) is 19.3 Å². The minimum absolute atomic E-state index is 0.0868. The summed E-state index contributed by atoms with van der Waals surface area (Å²) in [5.41, 5.74) is 5.41. The lowest BCUT2D eigenvalue weighted by atomic mass is 9.86. The number of fused-ring (bicyclic) bond motifs is 1. The van der Waals surface area contributed by atoms with Gasteiger partial charge in [0, 0.05) is 30.6 Å². The van der Waals surface area contributed by atoms with Gasteiger partial charge in [-0.05, 0) is 42.5 Å². The molecule has 0 spiro atoms. The Balaban J connectivity index is 1.55. The first-order valence-electron chi connectivity index (χ1n) is 11.4.